The summed E-state index contributed by atoms with van der Waals surface area (Å²) in [4.78, 5) is 23.7. The topological polar surface area (TPSA) is 67.4 Å². The van der Waals surface area contributed by atoms with Gasteiger partial charge in [0.1, 0.15) is 5.75 Å². The lowest BCUT2D eigenvalue weighted by Crippen LogP contribution is -2.43. The first-order chi connectivity index (χ1) is 12.0. The molecular weight excluding hydrogens is 384 g/mol. The van der Waals surface area contributed by atoms with Crippen LogP contribution in [0.4, 0.5) is 0 Å². The maximum atomic E-state index is 11.9. The van der Waals surface area contributed by atoms with Gasteiger partial charge in [-0.25, -0.2) is 0 Å². The molecule has 0 saturated carbocycles. The van der Waals surface area contributed by atoms with E-state index < -0.39 is 11.8 Å². The summed E-state index contributed by atoms with van der Waals surface area (Å²) in [6.45, 7) is 4.13. The average molecular weight is 405 g/mol. The van der Waals surface area contributed by atoms with Gasteiger partial charge in [0.25, 0.3) is 11.8 Å². The lowest BCUT2D eigenvalue weighted by molar-refractivity contribution is -0.123. The monoisotopic (exact) mass is 404 g/mol. The maximum absolute atomic E-state index is 11.9. The molecule has 0 aromatic heterocycles. The Morgan fingerprint density at radius 2 is 1.68 bits per heavy atom. The second-order valence-electron chi connectivity index (χ2n) is 5.68. The van der Waals surface area contributed by atoms with Gasteiger partial charge in [-0.2, -0.15) is 0 Å². The number of ether oxygens (including phenoxy) is 1. The number of hydrogen-bond acceptors (Lipinski definition) is 3. The van der Waals surface area contributed by atoms with Gasteiger partial charge >= 0.3 is 0 Å². The van der Waals surface area contributed by atoms with Crippen molar-refractivity contribution in [3.8, 4) is 5.75 Å². The van der Waals surface area contributed by atoms with Gasteiger partial charge in [0.15, 0.2) is 6.61 Å². The van der Waals surface area contributed by atoms with E-state index >= 15 is 0 Å². The van der Waals surface area contributed by atoms with Gasteiger partial charge in [-0.05, 0) is 54.3 Å². The molecule has 0 bridgehead atoms. The Morgan fingerprint density at radius 1 is 1.04 bits per heavy atom. The van der Waals surface area contributed by atoms with Crippen LogP contribution in [0.25, 0.3) is 0 Å². The molecule has 5 nitrogen and oxygen atoms in total. The zero-order chi connectivity index (χ0) is 18.2. The number of rotatable bonds is 6. The Balaban J connectivity index is 1.76. The summed E-state index contributed by atoms with van der Waals surface area (Å²) >= 11 is 3.30. The van der Waals surface area contributed by atoms with Crippen molar-refractivity contribution in [1.82, 2.24) is 10.9 Å². The van der Waals surface area contributed by atoms with Crippen LogP contribution in [-0.4, -0.2) is 18.4 Å². The first-order valence-electron chi connectivity index (χ1n) is 8.07. The maximum Gasteiger partial charge on any atom is 0.276 e. The molecule has 2 aromatic rings. The van der Waals surface area contributed by atoms with E-state index in [2.05, 4.69) is 40.6 Å². The van der Waals surface area contributed by atoms with Crippen molar-refractivity contribution in [3.63, 3.8) is 0 Å². The van der Waals surface area contributed by atoms with Crippen molar-refractivity contribution in [2.75, 3.05) is 6.61 Å². The fourth-order valence-corrected chi connectivity index (χ4v) is 2.38. The molecular formula is C19H21BrN2O3. The van der Waals surface area contributed by atoms with Crippen LogP contribution in [0.2, 0.25) is 0 Å². The fraction of sp³-hybridized carbons (Fsp3) is 0.263. The van der Waals surface area contributed by atoms with Gasteiger partial charge < -0.3 is 4.74 Å². The first-order valence-corrected chi connectivity index (χ1v) is 8.86. The molecule has 0 aliphatic rings. The van der Waals surface area contributed by atoms with Gasteiger partial charge in [-0.3, -0.25) is 20.4 Å². The zero-order valence-corrected chi connectivity index (χ0v) is 15.8. The molecule has 0 heterocycles. The van der Waals surface area contributed by atoms with Crippen LogP contribution in [0, 0.1) is 0 Å². The summed E-state index contributed by atoms with van der Waals surface area (Å²) in [5.74, 6) is 0.280. The highest BCUT2D eigenvalue weighted by atomic mass is 79.9. The van der Waals surface area contributed by atoms with Crippen molar-refractivity contribution in [3.05, 3.63) is 64.1 Å². The quantitative estimate of drug-likeness (QED) is 0.719. The molecule has 2 aromatic carbocycles. The van der Waals surface area contributed by atoms with E-state index in [0.29, 0.717) is 17.2 Å². The Hall–Kier alpha value is -2.34. The number of nitrogens with one attached hydrogen (secondary N) is 2. The highest BCUT2D eigenvalue weighted by Gasteiger charge is 2.08. The van der Waals surface area contributed by atoms with E-state index in [9.17, 15) is 9.59 Å². The Kier molecular flexibility index (Phi) is 7.01. The zero-order valence-electron chi connectivity index (χ0n) is 14.2. The Labute approximate surface area is 155 Å². The number of amides is 2. The largest absolute Gasteiger partial charge is 0.484 e. The number of hydrazine groups is 1. The van der Waals surface area contributed by atoms with Crippen molar-refractivity contribution < 1.29 is 14.3 Å². The van der Waals surface area contributed by atoms with E-state index in [-0.39, 0.29) is 6.61 Å². The molecule has 0 aliphatic carbocycles. The molecule has 0 radical (unpaired) electrons. The summed E-state index contributed by atoms with van der Waals surface area (Å²) < 4.78 is 6.30. The third-order valence-electron chi connectivity index (χ3n) is 3.85. The summed E-state index contributed by atoms with van der Waals surface area (Å²) in [6.07, 6.45) is 1.07. The summed E-state index contributed by atoms with van der Waals surface area (Å²) in [6, 6.07) is 14.5. The summed E-state index contributed by atoms with van der Waals surface area (Å²) in [7, 11) is 0. The van der Waals surface area contributed by atoms with Crippen molar-refractivity contribution >= 4 is 27.7 Å². The Morgan fingerprint density at radius 3 is 2.28 bits per heavy atom. The normalized spacial score (nSPS) is 11.5. The fourth-order valence-electron chi connectivity index (χ4n) is 2.11. The third-order valence-corrected chi connectivity index (χ3v) is 4.38. The van der Waals surface area contributed by atoms with E-state index in [1.807, 2.05) is 24.3 Å². The van der Waals surface area contributed by atoms with Gasteiger partial charge in [0, 0.05) is 10.0 Å². The van der Waals surface area contributed by atoms with Crippen LogP contribution in [0.15, 0.2) is 53.0 Å². The highest BCUT2D eigenvalue weighted by Crippen LogP contribution is 2.21. The van der Waals surface area contributed by atoms with Crippen LogP contribution in [-0.2, 0) is 4.79 Å². The molecule has 2 N–H and O–H groups in total. The van der Waals surface area contributed by atoms with Crippen molar-refractivity contribution in [2.45, 2.75) is 26.2 Å². The van der Waals surface area contributed by atoms with E-state index in [1.54, 1.807) is 24.3 Å². The Bertz CT molecular complexity index is 714. The minimum Gasteiger partial charge on any atom is -0.484 e. The lowest BCUT2D eigenvalue weighted by Gasteiger charge is -2.11. The SMILES string of the molecule is CCC(C)c1ccc(OCC(=O)NNC(=O)c2ccc(Br)cc2)cc1. The summed E-state index contributed by atoms with van der Waals surface area (Å²) in [5.41, 5.74) is 6.37. The van der Waals surface area contributed by atoms with Crippen molar-refractivity contribution in [1.29, 1.82) is 0 Å². The second kappa shape index (κ2) is 9.22. The minimum absolute atomic E-state index is 0.177. The number of carbonyl (C=O) groups excluding carboxylic acids is 2. The molecule has 1 unspecified atom stereocenters. The van der Waals surface area contributed by atoms with E-state index in [4.69, 9.17) is 4.74 Å². The molecule has 2 rings (SSSR count). The van der Waals surface area contributed by atoms with Gasteiger partial charge in [-0.1, -0.05) is 41.9 Å². The summed E-state index contributed by atoms with van der Waals surface area (Å²) in [5, 5.41) is 0. The molecule has 0 fully saturated rings. The molecule has 0 saturated heterocycles. The first kappa shape index (κ1) is 19.0. The molecule has 2 amide bonds. The van der Waals surface area contributed by atoms with Crippen LogP contribution < -0.4 is 15.6 Å². The molecule has 25 heavy (non-hydrogen) atoms. The van der Waals surface area contributed by atoms with Crippen LogP contribution in [0.3, 0.4) is 0 Å². The number of halogens is 1. The molecule has 0 aliphatic heterocycles. The van der Waals surface area contributed by atoms with Crippen LogP contribution in [0.5, 0.6) is 5.75 Å². The van der Waals surface area contributed by atoms with Crippen LogP contribution >= 0.6 is 15.9 Å². The number of hydrogen-bond donors (Lipinski definition) is 2. The lowest BCUT2D eigenvalue weighted by atomic mass is 9.99. The number of benzene rings is 2. The molecule has 6 heteroatoms. The van der Waals surface area contributed by atoms with Gasteiger partial charge in [0.05, 0.1) is 0 Å². The van der Waals surface area contributed by atoms with Crippen LogP contribution in [0.1, 0.15) is 42.1 Å². The average Bonchev–Trinajstić information content (AvgIpc) is 2.64. The molecule has 132 valence electrons. The van der Waals surface area contributed by atoms with E-state index in [0.717, 1.165) is 10.9 Å². The minimum atomic E-state index is -0.434. The van der Waals surface area contributed by atoms with Gasteiger partial charge in [-0.15, -0.1) is 0 Å². The second-order valence-corrected chi connectivity index (χ2v) is 6.59. The standard InChI is InChI=1S/C19H21BrN2O3/c1-3-13(2)14-6-10-17(11-7-14)25-12-18(23)21-22-19(24)15-4-8-16(20)9-5-15/h4-11,13H,3,12H2,1-2H3,(H,21,23)(H,22,24). The smallest absolute Gasteiger partial charge is 0.276 e. The molecule has 0 spiro atoms. The third kappa shape index (κ3) is 5.90. The van der Waals surface area contributed by atoms with Gasteiger partial charge in [0.2, 0.25) is 0 Å². The molecule has 1 atom stereocenters. The predicted octanol–water partition coefficient (Wildman–Crippen LogP) is 3.80. The van der Waals surface area contributed by atoms with E-state index in [1.165, 1.54) is 5.56 Å². The predicted molar refractivity (Wildman–Crippen MR) is 100 cm³/mol. The van der Waals surface area contributed by atoms with Crippen molar-refractivity contribution in [2.24, 2.45) is 0 Å². The number of carbonyl (C=O) groups is 2. The highest BCUT2D eigenvalue weighted by molar-refractivity contribution is 9.10.